The standard InChI is InChI=1S/C14H16ClN5O/c1-10-11(15)3-2-4-12(10)17-13-9-16-19-14(18-13)20-5-7-21-8-6-20/h2-4,9H,5-8H2,1H3,(H,17,18,19). The van der Waals surface area contributed by atoms with Crippen LogP contribution in [0.1, 0.15) is 5.56 Å². The number of aromatic nitrogens is 3. The number of rotatable bonds is 3. The average Bonchev–Trinajstić information content (AvgIpc) is 2.53. The molecular weight excluding hydrogens is 290 g/mol. The number of hydrogen-bond donors (Lipinski definition) is 1. The van der Waals surface area contributed by atoms with E-state index in [1.54, 1.807) is 6.20 Å². The van der Waals surface area contributed by atoms with Crippen LogP contribution in [-0.2, 0) is 4.74 Å². The molecule has 0 bridgehead atoms. The molecule has 0 spiro atoms. The van der Waals surface area contributed by atoms with Crippen molar-refractivity contribution in [1.29, 1.82) is 0 Å². The van der Waals surface area contributed by atoms with Crippen molar-refractivity contribution in [3.8, 4) is 0 Å². The predicted octanol–water partition coefficient (Wildman–Crippen LogP) is 2.41. The largest absolute Gasteiger partial charge is 0.378 e. The first kappa shape index (κ1) is 14.0. The molecule has 1 aliphatic rings. The van der Waals surface area contributed by atoms with Gasteiger partial charge >= 0.3 is 0 Å². The Kier molecular flexibility index (Phi) is 4.17. The minimum atomic E-state index is 0.614. The molecule has 0 atom stereocenters. The van der Waals surface area contributed by atoms with E-state index in [0.717, 1.165) is 29.4 Å². The minimum Gasteiger partial charge on any atom is -0.378 e. The molecule has 6 nitrogen and oxygen atoms in total. The van der Waals surface area contributed by atoms with Crippen LogP contribution < -0.4 is 10.2 Å². The molecule has 1 N–H and O–H groups in total. The third-order valence-corrected chi connectivity index (χ3v) is 3.78. The quantitative estimate of drug-likeness (QED) is 0.939. The highest BCUT2D eigenvalue weighted by molar-refractivity contribution is 6.31. The Balaban J connectivity index is 1.81. The summed E-state index contributed by atoms with van der Waals surface area (Å²) in [5.74, 6) is 1.26. The van der Waals surface area contributed by atoms with E-state index < -0.39 is 0 Å². The predicted molar refractivity (Wildman–Crippen MR) is 82.3 cm³/mol. The van der Waals surface area contributed by atoms with Crippen LogP contribution in [0.2, 0.25) is 5.02 Å². The minimum absolute atomic E-state index is 0.614. The van der Waals surface area contributed by atoms with E-state index in [9.17, 15) is 0 Å². The first-order chi connectivity index (χ1) is 10.2. The van der Waals surface area contributed by atoms with Crippen LogP contribution in [0.25, 0.3) is 0 Å². The molecule has 1 aromatic carbocycles. The van der Waals surface area contributed by atoms with E-state index in [1.165, 1.54) is 0 Å². The summed E-state index contributed by atoms with van der Waals surface area (Å²) in [6, 6.07) is 5.71. The maximum Gasteiger partial charge on any atom is 0.247 e. The molecule has 1 saturated heterocycles. The Bertz CT molecular complexity index is 631. The number of hydrogen-bond acceptors (Lipinski definition) is 6. The van der Waals surface area contributed by atoms with Crippen LogP contribution in [-0.4, -0.2) is 41.5 Å². The molecule has 2 aromatic rings. The fraction of sp³-hybridized carbons (Fsp3) is 0.357. The van der Waals surface area contributed by atoms with E-state index in [4.69, 9.17) is 16.3 Å². The van der Waals surface area contributed by atoms with Crippen molar-refractivity contribution in [3.63, 3.8) is 0 Å². The van der Waals surface area contributed by atoms with Gasteiger partial charge in [-0.3, -0.25) is 0 Å². The van der Waals surface area contributed by atoms with Gasteiger partial charge < -0.3 is 15.0 Å². The summed E-state index contributed by atoms with van der Waals surface area (Å²) in [6.07, 6.45) is 1.60. The molecule has 2 heterocycles. The third-order valence-electron chi connectivity index (χ3n) is 3.37. The van der Waals surface area contributed by atoms with Crippen molar-refractivity contribution in [2.45, 2.75) is 6.92 Å². The molecule has 7 heteroatoms. The molecular formula is C14H16ClN5O. The highest BCUT2D eigenvalue weighted by Gasteiger charge is 2.15. The summed E-state index contributed by atoms with van der Waals surface area (Å²) in [7, 11) is 0. The van der Waals surface area contributed by atoms with E-state index in [-0.39, 0.29) is 0 Å². The SMILES string of the molecule is Cc1c(Cl)cccc1Nc1cnnc(N2CCOCC2)n1. The van der Waals surface area contributed by atoms with Gasteiger partial charge in [0, 0.05) is 23.8 Å². The number of morpholine rings is 1. The van der Waals surface area contributed by atoms with E-state index in [1.807, 2.05) is 25.1 Å². The van der Waals surface area contributed by atoms with Crippen molar-refractivity contribution >= 4 is 29.1 Å². The summed E-state index contributed by atoms with van der Waals surface area (Å²) in [5, 5.41) is 12.1. The molecule has 1 fully saturated rings. The van der Waals surface area contributed by atoms with Gasteiger partial charge in [0.2, 0.25) is 5.95 Å². The van der Waals surface area contributed by atoms with Crippen molar-refractivity contribution in [2.75, 3.05) is 36.5 Å². The molecule has 1 aliphatic heterocycles. The van der Waals surface area contributed by atoms with E-state index >= 15 is 0 Å². The van der Waals surface area contributed by atoms with Crippen molar-refractivity contribution in [2.24, 2.45) is 0 Å². The van der Waals surface area contributed by atoms with Gasteiger partial charge in [0.15, 0.2) is 5.82 Å². The van der Waals surface area contributed by atoms with Gasteiger partial charge in [0.25, 0.3) is 0 Å². The number of nitrogens with one attached hydrogen (secondary N) is 1. The Morgan fingerprint density at radius 3 is 2.90 bits per heavy atom. The lowest BCUT2D eigenvalue weighted by Crippen LogP contribution is -2.37. The average molecular weight is 306 g/mol. The van der Waals surface area contributed by atoms with Crippen LogP contribution >= 0.6 is 11.6 Å². The molecule has 3 rings (SSSR count). The second-order valence-corrected chi connectivity index (χ2v) is 5.19. The summed E-state index contributed by atoms with van der Waals surface area (Å²) in [4.78, 5) is 6.57. The van der Waals surface area contributed by atoms with Crippen molar-refractivity contribution in [3.05, 3.63) is 35.0 Å². The highest BCUT2D eigenvalue weighted by atomic mass is 35.5. The van der Waals surface area contributed by atoms with Gasteiger partial charge in [-0.1, -0.05) is 17.7 Å². The lowest BCUT2D eigenvalue weighted by atomic mass is 10.2. The highest BCUT2D eigenvalue weighted by Crippen LogP contribution is 2.25. The number of benzene rings is 1. The third kappa shape index (κ3) is 3.22. The fourth-order valence-corrected chi connectivity index (χ4v) is 2.31. The van der Waals surface area contributed by atoms with Gasteiger partial charge in [-0.2, -0.15) is 10.1 Å². The number of ether oxygens (including phenoxy) is 1. The smallest absolute Gasteiger partial charge is 0.247 e. The van der Waals surface area contributed by atoms with Gasteiger partial charge in [0.05, 0.1) is 19.4 Å². The normalized spacial score (nSPS) is 15.0. The monoisotopic (exact) mass is 305 g/mol. The Morgan fingerprint density at radius 2 is 2.10 bits per heavy atom. The first-order valence-electron chi connectivity index (χ1n) is 6.78. The summed E-state index contributed by atoms with van der Waals surface area (Å²) >= 11 is 6.12. The van der Waals surface area contributed by atoms with Crippen molar-refractivity contribution < 1.29 is 4.74 Å². The molecule has 21 heavy (non-hydrogen) atoms. The molecule has 0 saturated carbocycles. The number of halogens is 1. The van der Waals surface area contributed by atoms with Crippen LogP contribution in [0, 0.1) is 6.92 Å². The van der Waals surface area contributed by atoms with Gasteiger partial charge in [-0.25, -0.2) is 0 Å². The molecule has 0 radical (unpaired) electrons. The Morgan fingerprint density at radius 1 is 1.29 bits per heavy atom. The Hall–Kier alpha value is -1.92. The van der Waals surface area contributed by atoms with Crippen LogP contribution in [0.3, 0.4) is 0 Å². The zero-order valence-corrected chi connectivity index (χ0v) is 12.5. The van der Waals surface area contributed by atoms with Crippen LogP contribution in [0.5, 0.6) is 0 Å². The maximum atomic E-state index is 6.12. The van der Waals surface area contributed by atoms with E-state index in [2.05, 4.69) is 25.4 Å². The Labute approximate surface area is 128 Å². The molecule has 1 aromatic heterocycles. The number of anilines is 3. The van der Waals surface area contributed by atoms with Crippen LogP contribution in [0.4, 0.5) is 17.5 Å². The fourth-order valence-electron chi connectivity index (χ4n) is 2.13. The second kappa shape index (κ2) is 6.24. The second-order valence-electron chi connectivity index (χ2n) is 4.78. The molecule has 110 valence electrons. The van der Waals surface area contributed by atoms with Gasteiger partial charge in [0.1, 0.15) is 0 Å². The summed E-state index contributed by atoms with van der Waals surface area (Å²) in [5.41, 5.74) is 1.89. The van der Waals surface area contributed by atoms with Crippen LogP contribution in [0.15, 0.2) is 24.4 Å². The molecule has 0 unspecified atom stereocenters. The van der Waals surface area contributed by atoms with Gasteiger partial charge in [-0.15, -0.1) is 5.10 Å². The van der Waals surface area contributed by atoms with Crippen molar-refractivity contribution in [1.82, 2.24) is 15.2 Å². The number of nitrogens with zero attached hydrogens (tertiary/aromatic N) is 4. The topological polar surface area (TPSA) is 63.2 Å². The maximum absolute atomic E-state index is 6.12. The summed E-state index contributed by atoms with van der Waals surface area (Å²) in [6.45, 7) is 4.90. The molecule has 0 aliphatic carbocycles. The lowest BCUT2D eigenvalue weighted by molar-refractivity contribution is 0.122. The zero-order chi connectivity index (χ0) is 14.7. The lowest BCUT2D eigenvalue weighted by Gasteiger charge is -2.26. The zero-order valence-electron chi connectivity index (χ0n) is 11.7. The first-order valence-corrected chi connectivity index (χ1v) is 7.16. The molecule has 0 amide bonds. The van der Waals surface area contributed by atoms with Gasteiger partial charge in [-0.05, 0) is 24.6 Å². The summed E-state index contributed by atoms with van der Waals surface area (Å²) < 4.78 is 5.33. The van der Waals surface area contributed by atoms with E-state index in [0.29, 0.717) is 25.0 Å².